The molecule has 0 saturated carbocycles. The molecule has 1 aliphatic heterocycles. The number of nitrogens with one attached hydrogen (secondary N) is 1. The number of hydrogen-bond acceptors (Lipinski definition) is 1. The fourth-order valence-corrected chi connectivity index (χ4v) is 2.54. The van der Waals surface area contributed by atoms with Crippen molar-refractivity contribution < 1.29 is 0 Å². The van der Waals surface area contributed by atoms with E-state index < -0.39 is 0 Å². The van der Waals surface area contributed by atoms with Crippen LogP contribution in [0.25, 0.3) is 0 Å². The molecule has 1 aromatic carbocycles. The molecule has 0 radical (unpaired) electrons. The lowest BCUT2D eigenvalue weighted by Crippen LogP contribution is -2.20. The SMILES string of the molecule is CC1(C)CCNCc2cc(Br)ccc21. The van der Waals surface area contributed by atoms with Gasteiger partial charge in [-0.1, -0.05) is 35.8 Å². The van der Waals surface area contributed by atoms with Crippen molar-refractivity contribution in [3.8, 4) is 0 Å². The first-order valence-electron chi connectivity index (χ1n) is 5.09. The van der Waals surface area contributed by atoms with Gasteiger partial charge in [-0.05, 0) is 41.6 Å². The van der Waals surface area contributed by atoms with Crippen molar-refractivity contribution >= 4 is 15.9 Å². The predicted molar refractivity (Wildman–Crippen MR) is 63.5 cm³/mol. The van der Waals surface area contributed by atoms with E-state index in [-0.39, 0.29) is 0 Å². The summed E-state index contributed by atoms with van der Waals surface area (Å²) in [5.74, 6) is 0. The van der Waals surface area contributed by atoms with Crippen LogP contribution in [0.4, 0.5) is 0 Å². The first-order valence-corrected chi connectivity index (χ1v) is 5.88. The van der Waals surface area contributed by atoms with E-state index in [9.17, 15) is 0 Å². The molecule has 0 unspecified atom stereocenters. The lowest BCUT2D eigenvalue weighted by Gasteiger charge is -2.25. The fourth-order valence-electron chi connectivity index (χ4n) is 2.13. The van der Waals surface area contributed by atoms with Crippen molar-refractivity contribution in [3.05, 3.63) is 33.8 Å². The van der Waals surface area contributed by atoms with Crippen LogP contribution in [0.1, 0.15) is 31.4 Å². The highest BCUT2D eigenvalue weighted by atomic mass is 79.9. The molecule has 0 fully saturated rings. The van der Waals surface area contributed by atoms with Crippen molar-refractivity contribution in [2.24, 2.45) is 0 Å². The summed E-state index contributed by atoms with van der Waals surface area (Å²) in [6, 6.07) is 6.63. The summed E-state index contributed by atoms with van der Waals surface area (Å²) in [6.45, 7) is 6.76. The molecule has 2 heteroatoms. The summed E-state index contributed by atoms with van der Waals surface area (Å²) < 4.78 is 1.18. The molecular weight excluding hydrogens is 238 g/mol. The van der Waals surface area contributed by atoms with Gasteiger partial charge >= 0.3 is 0 Å². The van der Waals surface area contributed by atoms with E-state index in [1.54, 1.807) is 0 Å². The number of hydrogen-bond donors (Lipinski definition) is 1. The second-order valence-electron chi connectivity index (χ2n) is 4.61. The van der Waals surface area contributed by atoms with Crippen LogP contribution in [0.5, 0.6) is 0 Å². The summed E-state index contributed by atoms with van der Waals surface area (Å²) >= 11 is 3.53. The van der Waals surface area contributed by atoms with Gasteiger partial charge in [0.25, 0.3) is 0 Å². The van der Waals surface area contributed by atoms with E-state index in [0.29, 0.717) is 5.41 Å². The Bertz CT molecular complexity index is 344. The molecule has 1 aliphatic rings. The van der Waals surface area contributed by atoms with Crippen molar-refractivity contribution in [1.82, 2.24) is 5.32 Å². The molecule has 0 amide bonds. The average molecular weight is 254 g/mol. The number of benzene rings is 1. The highest BCUT2D eigenvalue weighted by Crippen LogP contribution is 2.32. The Morgan fingerprint density at radius 1 is 1.36 bits per heavy atom. The van der Waals surface area contributed by atoms with Gasteiger partial charge in [-0.2, -0.15) is 0 Å². The van der Waals surface area contributed by atoms with Crippen LogP contribution < -0.4 is 5.32 Å². The summed E-state index contributed by atoms with van der Waals surface area (Å²) in [6.07, 6.45) is 1.21. The third kappa shape index (κ3) is 1.86. The van der Waals surface area contributed by atoms with Crippen LogP contribution in [-0.4, -0.2) is 6.54 Å². The van der Waals surface area contributed by atoms with E-state index in [4.69, 9.17) is 0 Å². The molecular formula is C12H16BrN. The molecule has 1 aromatic rings. The maximum Gasteiger partial charge on any atom is 0.0208 e. The first-order chi connectivity index (χ1) is 6.59. The largest absolute Gasteiger partial charge is 0.313 e. The maximum atomic E-state index is 3.53. The fraction of sp³-hybridized carbons (Fsp3) is 0.500. The van der Waals surface area contributed by atoms with Gasteiger partial charge in [0, 0.05) is 11.0 Å². The number of fused-ring (bicyclic) bond motifs is 1. The topological polar surface area (TPSA) is 12.0 Å². The lowest BCUT2D eigenvalue weighted by atomic mass is 9.80. The van der Waals surface area contributed by atoms with Gasteiger partial charge in [-0.15, -0.1) is 0 Å². The van der Waals surface area contributed by atoms with Crippen LogP contribution in [-0.2, 0) is 12.0 Å². The van der Waals surface area contributed by atoms with Crippen molar-refractivity contribution in [3.63, 3.8) is 0 Å². The van der Waals surface area contributed by atoms with Crippen molar-refractivity contribution in [2.45, 2.75) is 32.2 Å². The average Bonchev–Trinajstić information content (AvgIpc) is 2.25. The molecule has 1 nitrogen and oxygen atoms in total. The molecule has 0 atom stereocenters. The zero-order valence-electron chi connectivity index (χ0n) is 8.73. The van der Waals surface area contributed by atoms with Crippen LogP contribution in [0.3, 0.4) is 0 Å². The number of rotatable bonds is 0. The third-order valence-corrected chi connectivity index (χ3v) is 3.53. The van der Waals surface area contributed by atoms with Crippen molar-refractivity contribution in [2.75, 3.05) is 6.54 Å². The third-order valence-electron chi connectivity index (χ3n) is 3.04. The molecule has 1 heterocycles. The Balaban J connectivity index is 2.50. The Labute approximate surface area is 94.0 Å². The van der Waals surface area contributed by atoms with Gasteiger partial charge in [0.1, 0.15) is 0 Å². The minimum Gasteiger partial charge on any atom is -0.313 e. The summed E-state index contributed by atoms with van der Waals surface area (Å²) in [4.78, 5) is 0. The molecule has 0 aliphatic carbocycles. The van der Waals surface area contributed by atoms with Gasteiger partial charge in [-0.3, -0.25) is 0 Å². The maximum absolute atomic E-state index is 3.53. The second kappa shape index (κ2) is 3.67. The monoisotopic (exact) mass is 253 g/mol. The van der Waals surface area contributed by atoms with Crippen LogP contribution in [0.15, 0.2) is 22.7 Å². The van der Waals surface area contributed by atoms with Gasteiger partial charge in [-0.25, -0.2) is 0 Å². The predicted octanol–water partition coefficient (Wildman–Crippen LogP) is 3.22. The zero-order valence-corrected chi connectivity index (χ0v) is 10.3. The highest BCUT2D eigenvalue weighted by Gasteiger charge is 2.25. The minimum atomic E-state index is 0.305. The van der Waals surface area contributed by atoms with E-state index in [2.05, 4.69) is 53.3 Å². The quantitative estimate of drug-likeness (QED) is 0.749. The normalized spacial score (nSPS) is 19.9. The summed E-state index contributed by atoms with van der Waals surface area (Å²) in [7, 11) is 0. The van der Waals surface area contributed by atoms with E-state index in [1.165, 1.54) is 22.0 Å². The number of halogens is 1. The molecule has 0 saturated heterocycles. The first kappa shape index (κ1) is 10.2. The van der Waals surface area contributed by atoms with Crippen molar-refractivity contribution in [1.29, 1.82) is 0 Å². The van der Waals surface area contributed by atoms with E-state index in [1.807, 2.05) is 0 Å². The highest BCUT2D eigenvalue weighted by molar-refractivity contribution is 9.10. The van der Waals surface area contributed by atoms with Crippen LogP contribution in [0.2, 0.25) is 0 Å². The molecule has 14 heavy (non-hydrogen) atoms. The molecule has 0 bridgehead atoms. The molecule has 2 rings (SSSR count). The summed E-state index contributed by atoms with van der Waals surface area (Å²) in [5, 5.41) is 3.47. The van der Waals surface area contributed by atoms with Gasteiger partial charge in [0.05, 0.1) is 0 Å². The van der Waals surface area contributed by atoms with Gasteiger partial charge in [0.2, 0.25) is 0 Å². The van der Waals surface area contributed by atoms with Gasteiger partial charge < -0.3 is 5.32 Å². The Morgan fingerprint density at radius 3 is 2.93 bits per heavy atom. The molecule has 76 valence electrons. The second-order valence-corrected chi connectivity index (χ2v) is 5.53. The van der Waals surface area contributed by atoms with E-state index in [0.717, 1.165) is 13.1 Å². The Hall–Kier alpha value is -0.340. The minimum absolute atomic E-state index is 0.305. The Morgan fingerprint density at radius 2 is 2.14 bits per heavy atom. The molecule has 1 N–H and O–H groups in total. The Kier molecular flexibility index (Phi) is 2.67. The standard InChI is InChI=1S/C12H16BrN/c1-12(2)5-6-14-8-9-7-10(13)3-4-11(9)12/h3-4,7,14H,5-6,8H2,1-2H3. The smallest absolute Gasteiger partial charge is 0.0208 e. The molecule has 0 aromatic heterocycles. The van der Waals surface area contributed by atoms with E-state index >= 15 is 0 Å². The van der Waals surface area contributed by atoms with Gasteiger partial charge in [0.15, 0.2) is 0 Å². The lowest BCUT2D eigenvalue weighted by molar-refractivity contribution is 0.477. The summed E-state index contributed by atoms with van der Waals surface area (Å²) in [5.41, 5.74) is 3.23. The van der Waals surface area contributed by atoms with Crippen LogP contribution >= 0.6 is 15.9 Å². The zero-order chi connectivity index (χ0) is 10.2. The van der Waals surface area contributed by atoms with Crippen LogP contribution in [0, 0.1) is 0 Å². The molecule has 0 spiro atoms.